The van der Waals surface area contributed by atoms with E-state index in [0.29, 0.717) is 0 Å². The number of hydrogen-bond donors (Lipinski definition) is 0. The molecule has 0 aliphatic carbocycles. The van der Waals surface area contributed by atoms with Gasteiger partial charge in [-0.2, -0.15) is 0 Å². The molecule has 11 heteroatoms. The monoisotopic (exact) mass is 227 g/mol. The molecule has 0 rings (SSSR count). The van der Waals surface area contributed by atoms with Crippen LogP contribution in [0.5, 0.6) is 0 Å². The largest absolute Gasteiger partial charge is 3.00 e. The summed E-state index contributed by atoms with van der Waals surface area (Å²) in [6.45, 7) is 0. The Labute approximate surface area is 140 Å². The summed E-state index contributed by atoms with van der Waals surface area (Å²) in [5, 5.41) is 0. The third-order valence-corrected chi connectivity index (χ3v) is 0. The fourth-order valence-electron chi connectivity index (χ4n) is 0. The van der Waals surface area contributed by atoms with Crippen LogP contribution >= 0.6 is 0 Å². The van der Waals surface area contributed by atoms with Crippen molar-refractivity contribution in [1.29, 1.82) is 0 Å². The van der Waals surface area contributed by atoms with Crippen LogP contribution in [-0.4, -0.2) is 83.6 Å². The fourth-order valence-corrected chi connectivity index (χ4v) is 0. The van der Waals surface area contributed by atoms with Gasteiger partial charge >= 0.3 is 104 Å². The van der Waals surface area contributed by atoms with E-state index in [-0.39, 0.29) is 114 Å². The van der Waals surface area contributed by atoms with Crippen molar-refractivity contribution in [3.05, 3.63) is 0 Å². The van der Waals surface area contributed by atoms with Gasteiger partial charge in [-0.25, -0.2) is 0 Å². The van der Waals surface area contributed by atoms with E-state index in [0.717, 1.165) is 0 Å². The Balaban J connectivity index is -0.00000000533. The molecule has 0 amide bonds. The van der Waals surface area contributed by atoms with E-state index >= 15 is 0 Å². The van der Waals surface area contributed by atoms with Crippen molar-refractivity contribution in [2.75, 3.05) is 0 Å². The second-order valence-electron chi connectivity index (χ2n) is 0.408. The molecule has 48 valence electrons. The minimum atomic E-state index is -5.17. The van der Waals surface area contributed by atoms with Crippen LogP contribution in [0.25, 0.3) is 0 Å². The topological polar surface area (TPSA) is 140 Å². The normalized spacial score (nSPS) is 5.27. The van der Waals surface area contributed by atoms with E-state index in [2.05, 4.69) is 0 Å². The van der Waals surface area contributed by atoms with Crippen molar-refractivity contribution in [3.63, 3.8) is 0 Å². The molecule has 0 atom stereocenters. The van der Waals surface area contributed by atoms with E-state index in [9.17, 15) is 0 Å². The van der Waals surface area contributed by atoms with Gasteiger partial charge < -0.3 is 20.1 Å². The van der Waals surface area contributed by atoms with Crippen LogP contribution in [0, 0.1) is 0 Å². The molecule has 2 N–H and O–H groups in total. The summed E-state index contributed by atoms with van der Waals surface area (Å²) in [5.41, 5.74) is 0. The second-order valence-corrected chi connectivity index (χ2v) is 1.22. The summed E-state index contributed by atoms with van der Waals surface area (Å²) in [7, 11) is -5.17. The van der Waals surface area contributed by atoms with E-state index in [4.69, 9.17) is 17.5 Å². The van der Waals surface area contributed by atoms with Gasteiger partial charge in [0.25, 0.3) is 0 Å². The first-order valence-corrected chi connectivity index (χ1v) is 2.00. The zero-order valence-corrected chi connectivity index (χ0v) is 12.4. The molecule has 0 aromatic carbocycles. The summed E-state index contributed by atoms with van der Waals surface area (Å²) < 4.78 is 34.1. The minimum Gasteiger partial charge on any atom is -0.870 e. The van der Waals surface area contributed by atoms with Crippen molar-refractivity contribution < 1.29 is 76.9 Å². The van der Waals surface area contributed by atoms with Crippen LogP contribution in [0.3, 0.4) is 0 Å². The maximum atomic E-state index is 8.52. The van der Waals surface area contributed by atoms with E-state index in [1.807, 2.05) is 0 Å². The molecular formula is H2AlCaLiNaO6S+3. The Hall–Kier alpha value is 3.18. The molecule has 0 unspecified atom stereocenters. The average Bonchev–Trinajstić information content (AvgIpc) is 0.722. The standard InChI is InChI=1S/Al.Ca.Li.Na.H2O4S.2H2O/c;;;;1-5(2,3)4;;/h;;;;(H2,1,2,3,4);2*1H2/q+3;+2;2*+1;;;/p-4. The van der Waals surface area contributed by atoms with Gasteiger partial charge in [-0.05, 0) is 0 Å². The summed E-state index contributed by atoms with van der Waals surface area (Å²) in [6, 6.07) is 0. The molecule has 0 fully saturated rings. The van der Waals surface area contributed by atoms with Crippen molar-refractivity contribution in [1.82, 2.24) is 0 Å². The summed E-state index contributed by atoms with van der Waals surface area (Å²) in [6.07, 6.45) is 0. The molecule has 0 aromatic rings. The van der Waals surface area contributed by atoms with Crippen LogP contribution < -0.4 is 48.4 Å². The molecule has 0 aromatic heterocycles. The van der Waals surface area contributed by atoms with E-state index in [1.165, 1.54) is 0 Å². The van der Waals surface area contributed by atoms with Gasteiger partial charge in [-0.15, -0.1) is 0 Å². The van der Waals surface area contributed by atoms with Gasteiger partial charge in [-0.3, -0.25) is 8.42 Å². The van der Waals surface area contributed by atoms with Gasteiger partial charge in [0.15, 0.2) is 0 Å². The zero-order valence-electron chi connectivity index (χ0n) is 6.22. The SMILES string of the molecule is O=S(=O)([O-])[O-].[Al+3].[Ca+2].[Li+].[Na+].[OH-].[OH-]. The van der Waals surface area contributed by atoms with Crippen LogP contribution in [0.4, 0.5) is 0 Å². The zero-order chi connectivity index (χ0) is 4.50. The van der Waals surface area contributed by atoms with E-state index in [1.54, 1.807) is 0 Å². The first-order valence-electron chi connectivity index (χ1n) is 0.667. The first-order chi connectivity index (χ1) is 2.00. The predicted octanol–water partition coefficient (Wildman–Crippen LogP) is -8.45. The Morgan fingerprint density at radius 2 is 1.00 bits per heavy atom. The predicted molar refractivity (Wildman–Crippen MR) is 25.9 cm³/mol. The maximum Gasteiger partial charge on any atom is 3.00 e. The van der Waals surface area contributed by atoms with Crippen LogP contribution in [0.2, 0.25) is 0 Å². The molecular weight excluding hydrogens is 225 g/mol. The minimum absolute atomic E-state index is 0. The summed E-state index contributed by atoms with van der Waals surface area (Å²) >= 11 is 0. The summed E-state index contributed by atoms with van der Waals surface area (Å²) in [5.74, 6) is 0. The molecule has 0 spiro atoms. The molecule has 11 heavy (non-hydrogen) atoms. The van der Waals surface area contributed by atoms with Gasteiger partial charge in [-0.1, -0.05) is 0 Å². The van der Waals surface area contributed by atoms with Crippen molar-refractivity contribution >= 4 is 65.5 Å². The quantitative estimate of drug-likeness (QED) is 0.228. The van der Waals surface area contributed by atoms with E-state index < -0.39 is 10.4 Å². The molecule has 0 aliphatic rings. The Kier molecular flexibility index (Phi) is 101. The number of rotatable bonds is 0. The third-order valence-electron chi connectivity index (χ3n) is 0. The first kappa shape index (κ1) is 47.8. The van der Waals surface area contributed by atoms with Crippen LogP contribution in [0.1, 0.15) is 0 Å². The molecule has 0 aliphatic heterocycles. The van der Waals surface area contributed by atoms with Gasteiger partial charge in [0.05, 0.1) is 0 Å². The summed E-state index contributed by atoms with van der Waals surface area (Å²) in [4.78, 5) is 0. The molecule has 0 heterocycles. The van der Waals surface area contributed by atoms with Crippen molar-refractivity contribution in [3.8, 4) is 0 Å². The van der Waals surface area contributed by atoms with Gasteiger partial charge in [0.1, 0.15) is 0 Å². The van der Waals surface area contributed by atoms with Gasteiger partial charge in [0.2, 0.25) is 0 Å². The van der Waals surface area contributed by atoms with Crippen LogP contribution in [0.15, 0.2) is 0 Å². The molecule has 0 radical (unpaired) electrons. The van der Waals surface area contributed by atoms with Crippen LogP contribution in [-0.2, 0) is 10.4 Å². The average molecular weight is 227 g/mol. The molecule has 0 bridgehead atoms. The molecule has 6 nitrogen and oxygen atoms in total. The fraction of sp³-hybridized carbons (Fsp3) is 0. The molecule has 0 saturated carbocycles. The van der Waals surface area contributed by atoms with Gasteiger partial charge in [0, 0.05) is 10.4 Å². The second kappa shape index (κ2) is 23.2. The third kappa shape index (κ3) is 163. The Morgan fingerprint density at radius 3 is 1.00 bits per heavy atom. The molecule has 0 saturated heterocycles. The number of hydrogen-bond acceptors (Lipinski definition) is 6. The van der Waals surface area contributed by atoms with Crippen molar-refractivity contribution in [2.24, 2.45) is 0 Å². The maximum absolute atomic E-state index is 8.52. The Bertz CT molecular complexity index is 106. The van der Waals surface area contributed by atoms with Crippen molar-refractivity contribution in [2.45, 2.75) is 0 Å². The Morgan fingerprint density at radius 1 is 1.00 bits per heavy atom. The smallest absolute Gasteiger partial charge is 0.870 e.